The third-order valence-electron chi connectivity index (χ3n) is 2.63. The Hall–Kier alpha value is -0.880. The molecule has 2 heterocycles. The predicted molar refractivity (Wildman–Crippen MR) is 71.1 cm³/mol. The molecule has 3 N–H and O–H groups in total. The first kappa shape index (κ1) is 12.6. The topological polar surface area (TPSA) is 55.9 Å². The van der Waals surface area contributed by atoms with E-state index in [0.717, 1.165) is 26.9 Å². The summed E-state index contributed by atoms with van der Waals surface area (Å²) < 4.78 is 2.58. The zero-order valence-electron chi connectivity index (χ0n) is 9.77. The lowest BCUT2D eigenvalue weighted by Crippen LogP contribution is -2.28. The fraction of sp³-hybridized carbons (Fsp3) is 0.364. The Balaban J connectivity index is 2.41. The van der Waals surface area contributed by atoms with E-state index in [2.05, 4.69) is 17.4 Å². The summed E-state index contributed by atoms with van der Waals surface area (Å²) in [5.74, 6) is 5.66. The number of aromatic nitrogens is 2. The number of hydrogen-bond acceptors (Lipinski definition) is 4. The maximum absolute atomic E-state index is 5.96. The zero-order chi connectivity index (χ0) is 12.4. The third kappa shape index (κ3) is 2.52. The second-order valence-electron chi connectivity index (χ2n) is 3.80. The Morgan fingerprint density at radius 1 is 1.59 bits per heavy atom. The molecule has 2 rings (SSSR count). The summed E-state index contributed by atoms with van der Waals surface area (Å²) in [6, 6.07) is 3.83. The van der Waals surface area contributed by atoms with Crippen LogP contribution in [0.25, 0.3) is 0 Å². The van der Waals surface area contributed by atoms with E-state index in [4.69, 9.17) is 17.4 Å². The second kappa shape index (κ2) is 5.18. The van der Waals surface area contributed by atoms with Crippen molar-refractivity contribution in [1.29, 1.82) is 0 Å². The Kier molecular flexibility index (Phi) is 3.83. The molecular weight excluding hydrogens is 256 g/mol. The fourth-order valence-corrected chi connectivity index (χ4v) is 3.02. The maximum atomic E-state index is 5.96. The highest BCUT2D eigenvalue weighted by atomic mass is 35.5. The van der Waals surface area contributed by atoms with Crippen LogP contribution in [0.3, 0.4) is 0 Å². The van der Waals surface area contributed by atoms with Crippen LogP contribution in [0.15, 0.2) is 18.3 Å². The van der Waals surface area contributed by atoms with E-state index in [-0.39, 0.29) is 6.04 Å². The molecule has 17 heavy (non-hydrogen) atoms. The molecule has 0 aliphatic rings. The van der Waals surface area contributed by atoms with Crippen LogP contribution in [0.1, 0.15) is 29.1 Å². The number of nitrogens with one attached hydrogen (secondary N) is 1. The first-order valence-electron chi connectivity index (χ1n) is 5.39. The van der Waals surface area contributed by atoms with E-state index >= 15 is 0 Å². The van der Waals surface area contributed by atoms with Crippen molar-refractivity contribution < 1.29 is 0 Å². The van der Waals surface area contributed by atoms with Crippen molar-refractivity contribution in [1.82, 2.24) is 15.2 Å². The van der Waals surface area contributed by atoms with Gasteiger partial charge in [0.2, 0.25) is 0 Å². The van der Waals surface area contributed by atoms with Crippen LogP contribution in [-0.4, -0.2) is 9.78 Å². The van der Waals surface area contributed by atoms with Crippen molar-refractivity contribution in [3.63, 3.8) is 0 Å². The molecule has 0 radical (unpaired) electrons. The molecule has 0 aromatic carbocycles. The Bertz CT molecular complexity index is 505. The van der Waals surface area contributed by atoms with E-state index in [1.807, 2.05) is 30.1 Å². The van der Waals surface area contributed by atoms with Gasteiger partial charge >= 0.3 is 0 Å². The summed E-state index contributed by atoms with van der Waals surface area (Å²) in [5, 5.41) is 4.42. The van der Waals surface area contributed by atoms with Crippen molar-refractivity contribution in [2.45, 2.75) is 19.4 Å². The van der Waals surface area contributed by atoms with Crippen molar-refractivity contribution in [3.05, 3.63) is 38.8 Å². The molecule has 6 heteroatoms. The third-order valence-corrected chi connectivity index (χ3v) is 3.92. The Labute approximate surface area is 109 Å². The van der Waals surface area contributed by atoms with E-state index in [9.17, 15) is 0 Å². The lowest BCUT2D eigenvalue weighted by molar-refractivity contribution is 0.640. The lowest BCUT2D eigenvalue weighted by Gasteiger charge is -2.13. The Morgan fingerprint density at radius 2 is 2.35 bits per heavy atom. The maximum Gasteiger partial charge on any atom is 0.0931 e. The predicted octanol–water partition coefficient (Wildman–Crippen LogP) is 2.25. The number of hydrogen-bond donors (Lipinski definition) is 2. The molecule has 0 spiro atoms. The minimum Gasteiger partial charge on any atom is -0.275 e. The molecule has 0 amide bonds. The minimum absolute atomic E-state index is 0.0452. The van der Waals surface area contributed by atoms with Gasteiger partial charge in [0.25, 0.3) is 0 Å². The monoisotopic (exact) mass is 270 g/mol. The molecule has 0 aliphatic carbocycles. The number of nitrogens with two attached hydrogens (primary N) is 1. The molecule has 1 atom stereocenters. The smallest absolute Gasteiger partial charge is 0.0931 e. The number of halogens is 1. The standard InChI is InChI=1S/C11H15ClN4S/c1-3-8-7(6-16(2)15-8)11(14-13)9-4-5-10(12)17-9/h4-6,11,14H,3,13H2,1-2H3. The summed E-state index contributed by atoms with van der Waals surface area (Å²) >= 11 is 7.49. The zero-order valence-corrected chi connectivity index (χ0v) is 11.3. The number of thiophene rings is 1. The van der Waals surface area contributed by atoms with Gasteiger partial charge in [0.15, 0.2) is 0 Å². The van der Waals surface area contributed by atoms with Crippen molar-refractivity contribution in [2.24, 2.45) is 12.9 Å². The molecule has 0 saturated carbocycles. The van der Waals surface area contributed by atoms with Crippen LogP contribution in [0.2, 0.25) is 4.34 Å². The largest absolute Gasteiger partial charge is 0.275 e. The van der Waals surface area contributed by atoms with Crippen LogP contribution in [-0.2, 0) is 13.5 Å². The SMILES string of the molecule is CCc1nn(C)cc1C(NN)c1ccc(Cl)s1. The molecule has 0 bridgehead atoms. The fourth-order valence-electron chi connectivity index (χ4n) is 1.88. The van der Waals surface area contributed by atoms with E-state index in [1.165, 1.54) is 11.3 Å². The van der Waals surface area contributed by atoms with Crippen LogP contribution >= 0.6 is 22.9 Å². The first-order valence-corrected chi connectivity index (χ1v) is 6.59. The molecule has 2 aromatic rings. The van der Waals surface area contributed by atoms with E-state index in [0.29, 0.717) is 0 Å². The molecule has 0 fully saturated rings. The average Bonchev–Trinajstić information content (AvgIpc) is 2.87. The van der Waals surface area contributed by atoms with Crippen molar-refractivity contribution >= 4 is 22.9 Å². The summed E-state index contributed by atoms with van der Waals surface area (Å²) in [5.41, 5.74) is 5.00. The highest BCUT2D eigenvalue weighted by molar-refractivity contribution is 7.16. The second-order valence-corrected chi connectivity index (χ2v) is 5.55. The van der Waals surface area contributed by atoms with Gasteiger partial charge in [0.05, 0.1) is 16.1 Å². The highest BCUT2D eigenvalue weighted by Gasteiger charge is 2.19. The van der Waals surface area contributed by atoms with Gasteiger partial charge in [0, 0.05) is 23.7 Å². The normalized spacial score (nSPS) is 12.9. The number of rotatable bonds is 4. The van der Waals surface area contributed by atoms with Gasteiger partial charge in [-0.3, -0.25) is 10.5 Å². The van der Waals surface area contributed by atoms with Gasteiger partial charge in [-0.15, -0.1) is 11.3 Å². The molecular formula is C11H15ClN4S. The van der Waals surface area contributed by atoms with Gasteiger partial charge < -0.3 is 0 Å². The van der Waals surface area contributed by atoms with Gasteiger partial charge in [-0.2, -0.15) is 5.10 Å². The van der Waals surface area contributed by atoms with Crippen LogP contribution < -0.4 is 11.3 Å². The van der Waals surface area contributed by atoms with Crippen LogP contribution in [0.5, 0.6) is 0 Å². The van der Waals surface area contributed by atoms with Gasteiger partial charge in [-0.25, -0.2) is 5.43 Å². The highest BCUT2D eigenvalue weighted by Crippen LogP contribution is 2.31. The average molecular weight is 271 g/mol. The summed E-state index contributed by atoms with van der Waals surface area (Å²) in [6.07, 6.45) is 2.88. The molecule has 1 unspecified atom stereocenters. The number of aryl methyl sites for hydroxylation is 2. The summed E-state index contributed by atoms with van der Waals surface area (Å²) in [4.78, 5) is 1.10. The van der Waals surface area contributed by atoms with Crippen LogP contribution in [0, 0.1) is 0 Å². The van der Waals surface area contributed by atoms with Crippen molar-refractivity contribution in [2.75, 3.05) is 0 Å². The first-order chi connectivity index (χ1) is 8.15. The minimum atomic E-state index is -0.0452. The van der Waals surface area contributed by atoms with E-state index < -0.39 is 0 Å². The number of nitrogens with zero attached hydrogens (tertiary/aromatic N) is 2. The summed E-state index contributed by atoms with van der Waals surface area (Å²) in [7, 11) is 1.91. The molecule has 92 valence electrons. The van der Waals surface area contributed by atoms with E-state index in [1.54, 1.807) is 0 Å². The lowest BCUT2D eigenvalue weighted by atomic mass is 10.1. The quantitative estimate of drug-likeness (QED) is 0.662. The molecule has 4 nitrogen and oxygen atoms in total. The molecule has 2 aromatic heterocycles. The van der Waals surface area contributed by atoms with Crippen molar-refractivity contribution in [3.8, 4) is 0 Å². The van der Waals surface area contributed by atoms with Gasteiger partial charge in [-0.1, -0.05) is 18.5 Å². The summed E-state index contributed by atoms with van der Waals surface area (Å²) in [6.45, 7) is 2.08. The molecule has 0 aliphatic heterocycles. The van der Waals surface area contributed by atoms with Gasteiger partial charge in [-0.05, 0) is 18.6 Å². The number of hydrazine groups is 1. The van der Waals surface area contributed by atoms with Crippen LogP contribution in [0.4, 0.5) is 0 Å². The Morgan fingerprint density at radius 3 is 2.88 bits per heavy atom. The van der Waals surface area contributed by atoms with Gasteiger partial charge in [0.1, 0.15) is 0 Å². The molecule has 0 saturated heterocycles.